The van der Waals surface area contributed by atoms with Gasteiger partial charge in [0, 0.05) is 6.42 Å². The van der Waals surface area contributed by atoms with E-state index in [9.17, 15) is 4.79 Å². The molecule has 0 spiro atoms. The van der Waals surface area contributed by atoms with Crippen LogP contribution < -0.4 is 5.32 Å². The Kier molecular flexibility index (Phi) is 8.92. The topological polar surface area (TPSA) is 49.3 Å². The summed E-state index contributed by atoms with van der Waals surface area (Å²) in [6.07, 6.45) is 13.0. The maximum atomic E-state index is 10.3. The summed E-state index contributed by atoms with van der Waals surface area (Å²) in [5, 5.41) is 12.0. The van der Waals surface area contributed by atoms with Crippen molar-refractivity contribution in [3.05, 3.63) is 0 Å². The van der Waals surface area contributed by atoms with Crippen LogP contribution in [0.4, 0.5) is 0 Å². The van der Waals surface area contributed by atoms with Gasteiger partial charge in [-0.05, 0) is 44.7 Å². The number of hydrogen-bond acceptors (Lipinski definition) is 2. The molecule has 0 bridgehead atoms. The van der Waals surface area contributed by atoms with Gasteiger partial charge >= 0.3 is 5.97 Å². The highest BCUT2D eigenvalue weighted by atomic mass is 16.4. The van der Waals surface area contributed by atoms with Crippen LogP contribution >= 0.6 is 0 Å². The zero-order valence-corrected chi connectivity index (χ0v) is 11.6. The Morgan fingerprint density at radius 2 is 1.72 bits per heavy atom. The molecule has 0 saturated carbocycles. The maximum Gasteiger partial charge on any atom is 0.303 e. The van der Waals surface area contributed by atoms with Crippen LogP contribution in [-0.2, 0) is 4.79 Å². The Bertz CT molecular complexity index is 213. The average molecular weight is 255 g/mol. The highest BCUT2D eigenvalue weighted by Gasteiger charge is 2.11. The predicted molar refractivity (Wildman–Crippen MR) is 74.8 cm³/mol. The molecule has 0 unspecified atom stereocenters. The Labute approximate surface area is 111 Å². The fourth-order valence-electron chi connectivity index (χ4n) is 2.76. The lowest BCUT2D eigenvalue weighted by atomic mass is 9.93. The van der Waals surface area contributed by atoms with Crippen LogP contribution in [0.25, 0.3) is 0 Å². The Hall–Kier alpha value is -0.570. The molecule has 0 amide bonds. The first-order chi connectivity index (χ1) is 8.79. The van der Waals surface area contributed by atoms with Crippen molar-refractivity contribution in [2.45, 2.75) is 70.6 Å². The number of piperidine rings is 1. The third kappa shape index (κ3) is 8.51. The van der Waals surface area contributed by atoms with E-state index in [4.69, 9.17) is 5.11 Å². The summed E-state index contributed by atoms with van der Waals surface area (Å²) in [5.74, 6) is 0.269. The lowest BCUT2D eigenvalue weighted by molar-refractivity contribution is -0.137. The van der Waals surface area contributed by atoms with E-state index < -0.39 is 5.97 Å². The number of carboxylic acids is 1. The largest absolute Gasteiger partial charge is 0.481 e. The van der Waals surface area contributed by atoms with E-state index in [1.807, 2.05) is 0 Å². The molecule has 1 saturated heterocycles. The zero-order chi connectivity index (χ0) is 13.1. The predicted octanol–water partition coefficient (Wildman–Crippen LogP) is 3.58. The molecule has 1 fully saturated rings. The Balaban J connectivity index is 1.76. The quantitative estimate of drug-likeness (QED) is 0.587. The van der Waals surface area contributed by atoms with Crippen LogP contribution in [-0.4, -0.2) is 24.2 Å². The van der Waals surface area contributed by atoms with E-state index in [0.717, 1.165) is 18.8 Å². The summed E-state index contributed by atoms with van der Waals surface area (Å²) in [4.78, 5) is 10.3. The minimum absolute atomic E-state index is 0.342. The molecular weight excluding hydrogens is 226 g/mol. The minimum atomic E-state index is -0.656. The molecule has 1 heterocycles. The van der Waals surface area contributed by atoms with Crippen LogP contribution in [0.15, 0.2) is 0 Å². The first-order valence-corrected chi connectivity index (χ1v) is 7.71. The van der Waals surface area contributed by atoms with Crippen molar-refractivity contribution in [3.63, 3.8) is 0 Å². The molecule has 106 valence electrons. The third-order valence-electron chi connectivity index (χ3n) is 3.90. The SMILES string of the molecule is O=C(O)CCCCCCCCC[C@H]1CCCNC1. The van der Waals surface area contributed by atoms with Crippen LogP contribution in [0, 0.1) is 5.92 Å². The number of carbonyl (C=O) groups is 1. The minimum Gasteiger partial charge on any atom is -0.481 e. The van der Waals surface area contributed by atoms with Crippen molar-refractivity contribution in [2.24, 2.45) is 5.92 Å². The van der Waals surface area contributed by atoms with Gasteiger partial charge in [-0.15, -0.1) is 0 Å². The van der Waals surface area contributed by atoms with E-state index in [-0.39, 0.29) is 0 Å². The van der Waals surface area contributed by atoms with Gasteiger partial charge in [-0.2, -0.15) is 0 Å². The number of hydrogen-bond donors (Lipinski definition) is 2. The number of unbranched alkanes of at least 4 members (excludes halogenated alkanes) is 6. The monoisotopic (exact) mass is 255 g/mol. The summed E-state index contributed by atoms with van der Waals surface area (Å²) in [6, 6.07) is 0. The molecule has 0 aliphatic carbocycles. The van der Waals surface area contributed by atoms with Crippen molar-refractivity contribution in [2.75, 3.05) is 13.1 Å². The second-order valence-corrected chi connectivity index (χ2v) is 5.62. The summed E-state index contributed by atoms with van der Waals surface area (Å²) in [6.45, 7) is 2.45. The fraction of sp³-hybridized carbons (Fsp3) is 0.933. The molecule has 0 aromatic rings. The van der Waals surface area contributed by atoms with Crippen LogP contribution in [0.3, 0.4) is 0 Å². The Morgan fingerprint density at radius 1 is 1.06 bits per heavy atom. The molecular formula is C15H29NO2. The van der Waals surface area contributed by atoms with Crippen molar-refractivity contribution in [1.82, 2.24) is 5.32 Å². The normalized spacial score (nSPS) is 19.9. The molecule has 0 aromatic heterocycles. The lowest BCUT2D eigenvalue weighted by Crippen LogP contribution is -2.29. The van der Waals surface area contributed by atoms with Crippen molar-refractivity contribution in [1.29, 1.82) is 0 Å². The highest BCUT2D eigenvalue weighted by Crippen LogP contribution is 2.18. The number of rotatable bonds is 10. The van der Waals surface area contributed by atoms with Gasteiger partial charge in [-0.1, -0.05) is 38.5 Å². The summed E-state index contributed by atoms with van der Waals surface area (Å²) >= 11 is 0. The van der Waals surface area contributed by atoms with Gasteiger partial charge in [0.2, 0.25) is 0 Å². The number of carboxylic acid groups (broad SMARTS) is 1. The van der Waals surface area contributed by atoms with Gasteiger partial charge in [0.15, 0.2) is 0 Å². The molecule has 18 heavy (non-hydrogen) atoms. The van der Waals surface area contributed by atoms with E-state index in [2.05, 4.69) is 5.32 Å². The summed E-state index contributed by atoms with van der Waals surface area (Å²) < 4.78 is 0. The molecule has 2 N–H and O–H groups in total. The van der Waals surface area contributed by atoms with Crippen molar-refractivity contribution < 1.29 is 9.90 Å². The molecule has 1 aliphatic rings. The van der Waals surface area contributed by atoms with Gasteiger partial charge < -0.3 is 10.4 Å². The van der Waals surface area contributed by atoms with Gasteiger partial charge in [0.05, 0.1) is 0 Å². The van der Waals surface area contributed by atoms with Crippen molar-refractivity contribution >= 4 is 5.97 Å². The molecule has 1 atom stereocenters. The molecule has 3 heteroatoms. The Morgan fingerprint density at radius 3 is 2.33 bits per heavy atom. The van der Waals surface area contributed by atoms with Crippen molar-refractivity contribution in [3.8, 4) is 0 Å². The second-order valence-electron chi connectivity index (χ2n) is 5.62. The second kappa shape index (κ2) is 10.4. The van der Waals surface area contributed by atoms with Gasteiger partial charge in [0.1, 0.15) is 0 Å². The number of aliphatic carboxylic acids is 1. The van der Waals surface area contributed by atoms with Crippen LogP contribution in [0.1, 0.15) is 70.6 Å². The smallest absolute Gasteiger partial charge is 0.303 e. The highest BCUT2D eigenvalue weighted by molar-refractivity contribution is 5.66. The summed E-state index contributed by atoms with van der Waals surface area (Å²) in [7, 11) is 0. The average Bonchev–Trinajstić information content (AvgIpc) is 2.37. The first kappa shape index (κ1) is 15.5. The molecule has 3 nitrogen and oxygen atoms in total. The van der Waals surface area contributed by atoms with Gasteiger partial charge in [0.25, 0.3) is 0 Å². The first-order valence-electron chi connectivity index (χ1n) is 7.71. The standard InChI is InChI=1S/C15H29NO2/c17-15(18)11-7-5-3-1-2-4-6-9-14-10-8-12-16-13-14/h14,16H,1-13H2,(H,17,18)/t14-/m0/s1. The number of nitrogens with one attached hydrogen (secondary N) is 1. The summed E-state index contributed by atoms with van der Waals surface area (Å²) in [5.41, 5.74) is 0. The van der Waals surface area contributed by atoms with E-state index >= 15 is 0 Å². The van der Waals surface area contributed by atoms with Crippen LogP contribution in [0.5, 0.6) is 0 Å². The van der Waals surface area contributed by atoms with E-state index in [0.29, 0.717) is 6.42 Å². The zero-order valence-electron chi connectivity index (χ0n) is 11.6. The third-order valence-corrected chi connectivity index (χ3v) is 3.90. The maximum absolute atomic E-state index is 10.3. The fourth-order valence-corrected chi connectivity index (χ4v) is 2.76. The molecule has 1 rings (SSSR count). The molecule has 0 radical (unpaired) electrons. The van der Waals surface area contributed by atoms with E-state index in [1.54, 1.807) is 0 Å². The van der Waals surface area contributed by atoms with Crippen LogP contribution in [0.2, 0.25) is 0 Å². The lowest BCUT2D eigenvalue weighted by Gasteiger charge is -2.22. The van der Waals surface area contributed by atoms with E-state index in [1.165, 1.54) is 64.5 Å². The van der Waals surface area contributed by atoms with Gasteiger partial charge in [-0.3, -0.25) is 4.79 Å². The van der Waals surface area contributed by atoms with Gasteiger partial charge in [-0.25, -0.2) is 0 Å². The molecule has 0 aromatic carbocycles. The molecule has 1 aliphatic heterocycles.